The van der Waals surface area contributed by atoms with E-state index in [4.69, 9.17) is 25.4 Å². The molecule has 3 fully saturated rings. The molecule has 12 heteroatoms. The molecule has 1 saturated carbocycles. The van der Waals surface area contributed by atoms with Gasteiger partial charge in [-0.2, -0.15) is 0 Å². The Morgan fingerprint density at radius 1 is 1.17 bits per heavy atom. The Balaban J connectivity index is 1.20. The topological polar surface area (TPSA) is 156 Å². The molecule has 0 bridgehead atoms. The smallest absolute Gasteiger partial charge is 0.243 e. The third-order valence-corrected chi connectivity index (χ3v) is 9.15. The maximum Gasteiger partial charge on any atom is 0.243 e. The van der Waals surface area contributed by atoms with E-state index < -0.39 is 11.8 Å². The summed E-state index contributed by atoms with van der Waals surface area (Å²) in [6, 6.07) is 10.2. The second kappa shape index (κ2) is 13.7. The van der Waals surface area contributed by atoms with Gasteiger partial charge < -0.3 is 35.5 Å². The van der Waals surface area contributed by atoms with Crippen molar-refractivity contribution < 1.29 is 28.6 Å². The highest BCUT2D eigenvalue weighted by Crippen LogP contribution is 2.39. The van der Waals surface area contributed by atoms with Crippen LogP contribution in [0.2, 0.25) is 0 Å². The number of amidine groups is 1. The monoisotopic (exact) mass is 597 g/mol. The first kappa shape index (κ1) is 30.0. The number of carbonyl (C=O) groups excluding carboxylic acids is 3. The summed E-state index contributed by atoms with van der Waals surface area (Å²) in [6.45, 7) is 1.07. The number of benzene rings is 1. The Labute approximate surface area is 249 Å². The van der Waals surface area contributed by atoms with Gasteiger partial charge in [-0.1, -0.05) is 31.0 Å². The molecule has 1 aromatic carbocycles. The molecule has 2 atom stereocenters. The molecule has 1 aromatic heterocycles. The zero-order chi connectivity index (χ0) is 29.5. The molecule has 226 valence electrons. The molecule has 0 radical (unpaired) electrons. The van der Waals surface area contributed by atoms with Crippen LogP contribution in [0.4, 0.5) is 0 Å². The number of nitrogens with two attached hydrogens (primary N) is 1. The quantitative estimate of drug-likeness (QED) is 0.167. The van der Waals surface area contributed by atoms with Crippen LogP contribution in [0.5, 0.6) is 5.75 Å². The molecule has 2 aromatic rings. The predicted octanol–water partition coefficient (Wildman–Crippen LogP) is 2.70. The molecule has 2 saturated heterocycles. The van der Waals surface area contributed by atoms with E-state index in [0.29, 0.717) is 31.8 Å². The van der Waals surface area contributed by atoms with Gasteiger partial charge in [-0.25, -0.2) is 0 Å². The number of carbonyl (C=O) groups is 3. The van der Waals surface area contributed by atoms with Gasteiger partial charge in [0.15, 0.2) is 5.79 Å². The molecule has 5 N–H and O–H groups in total. The van der Waals surface area contributed by atoms with Crippen molar-refractivity contribution in [3.8, 4) is 5.75 Å². The van der Waals surface area contributed by atoms with E-state index in [9.17, 15) is 14.4 Å². The van der Waals surface area contributed by atoms with Crippen molar-refractivity contribution in [2.45, 2.75) is 62.8 Å². The van der Waals surface area contributed by atoms with Gasteiger partial charge in [-0.05, 0) is 43.4 Å². The maximum atomic E-state index is 13.8. The fourth-order valence-electron chi connectivity index (χ4n) is 5.96. The van der Waals surface area contributed by atoms with E-state index in [0.717, 1.165) is 36.3 Å². The van der Waals surface area contributed by atoms with Crippen LogP contribution in [0.15, 0.2) is 41.8 Å². The highest BCUT2D eigenvalue weighted by molar-refractivity contribution is 7.10. The molecule has 2 aliphatic heterocycles. The molecule has 42 heavy (non-hydrogen) atoms. The van der Waals surface area contributed by atoms with E-state index in [1.54, 1.807) is 0 Å². The van der Waals surface area contributed by atoms with Gasteiger partial charge in [0, 0.05) is 28.7 Å². The first-order valence-electron chi connectivity index (χ1n) is 14.6. The average Bonchev–Trinajstić information content (AvgIpc) is 3.82. The van der Waals surface area contributed by atoms with E-state index in [1.165, 1.54) is 16.2 Å². The third kappa shape index (κ3) is 7.29. The lowest BCUT2D eigenvalue weighted by molar-refractivity contribution is -0.152. The van der Waals surface area contributed by atoms with Gasteiger partial charge in [0.05, 0.1) is 39.0 Å². The fourth-order valence-corrected chi connectivity index (χ4v) is 7.01. The van der Waals surface area contributed by atoms with Gasteiger partial charge >= 0.3 is 0 Å². The van der Waals surface area contributed by atoms with Crippen molar-refractivity contribution in [1.29, 1.82) is 5.41 Å². The van der Waals surface area contributed by atoms with E-state index in [1.807, 2.05) is 41.8 Å². The lowest BCUT2D eigenvalue weighted by Gasteiger charge is -2.28. The van der Waals surface area contributed by atoms with E-state index >= 15 is 0 Å². The summed E-state index contributed by atoms with van der Waals surface area (Å²) in [5.41, 5.74) is 6.34. The number of para-hydroxylation sites is 1. The highest BCUT2D eigenvalue weighted by Gasteiger charge is 2.52. The van der Waals surface area contributed by atoms with Crippen molar-refractivity contribution in [2.24, 2.45) is 11.7 Å². The van der Waals surface area contributed by atoms with Crippen molar-refractivity contribution in [3.63, 3.8) is 0 Å². The molecule has 1 spiro atoms. The number of nitrogen functional groups attached to an aromatic ring is 1. The van der Waals surface area contributed by atoms with Crippen LogP contribution in [-0.2, 0) is 23.9 Å². The Kier molecular flexibility index (Phi) is 9.76. The van der Waals surface area contributed by atoms with Crippen molar-refractivity contribution in [1.82, 2.24) is 15.5 Å². The Hall–Kier alpha value is -3.48. The highest BCUT2D eigenvalue weighted by atomic mass is 32.1. The molecule has 11 nitrogen and oxygen atoms in total. The van der Waals surface area contributed by atoms with Crippen LogP contribution < -0.4 is 21.1 Å². The van der Waals surface area contributed by atoms with Crippen molar-refractivity contribution in [2.75, 3.05) is 32.9 Å². The Morgan fingerprint density at radius 3 is 2.60 bits per heavy atom. The van der Waals surface area contributed by atoms with Crippen molar-refractivity contribution in [3.05, 3.63) is 52.2 Å². The second-order valence-electron chi connectivity index (χ2n) is 11.1. The molecule has 3 aliphatic rings. The number of hydrogen-bond acceptors (Lipinski definition) is 8. The molecule has 3 heterocycles. The number of nitrogens with one attached hydrogen (secondary N) is 3. The molecule has 3 amide bonds. The molecular weight excluding hydrogens is 558 g/mol. The van der Waals surface area contributed by atoms with Gasteiger partial charge in [-0.15, -0.1) is 11.3 Å². The van der Waals surface area contributed by atoms with Crippen LogP contribution in [0, 0.1) is 11.3 Å². The van der Waals surface area contributed by atoms with E-state index in [-0.39, 0.29) is 61.4 Å². The number of rotatable bonds is 12. The fraction of sp³-hybridized carbons (Fsp3) is 0.533. The Bertz CT molecular complexity index is 1260. The first-order valence-corrected chi connectivity index (χ1v) is 15.5. The minimum absolute atomic E-state index is 0.00944. The number of hydrogen-bond donors (Lipinski definition) is 4. The minimum Gasteiger partial charge on any atom is -0.494 e. The summed E-state index contributed by atoms with van der Waals surface area (Å²) >= 11 is 1.48. The lowest BCUT2D eigenvalue weighted by Crippen LogP contribution is -2.50. The van der Waals surface area contributed by atoms with E-state index in [2.05, 4.69) is 10.6 Å². The number of ether oxygens (including phenoxy) is 3. The number of thiophene rings is 1. The lowest BCUT2D eigenvalue weighted by atomic mass is 9.95. The van der Waals surface area contributed by atoms with Crippen molar-refractivity contribution >= 4 is 34.9 Å². The standard InChI is InChI=1S/C30H39N5O6S/c31-28(32)21-15-24(42-18-21)27(20-7-4-5-8-20)34-29(38)23-16-30(40-13-14-41-30)19-35(23)26(37)17-33-25(36)11-6-12-39-22-9-2-1-3-10-22/h1-3,9-10,15,18,20,23,27H,4-8,11-14,16-17,19H2,(H3,31,32)(H,33,36)(H,34,38)/t23-,27-/m0/s1. The molecule has 5 rings (SSSR count). The number of nitrogens with zero attached hydrogens (tertiary/aromatic N) is 1. The summed E-state index contributed by atoms with van der Waals surface area (Å²) in [5.74, 6) is -0.940. The largest absolute Gasteiger partial charge is 0.494 e. The molecular formula is C30H39N5O6S. The van der Waals surface area contributed by atoms with Gasteiger partial charge in [0.1, 0.15) is 17.6 Å². The number of likely N-dealkylation sites (tertiary alicyclic amines) is 1. The van der Waals surface area contributed by atoms with Gasteiger partial charge in [-0.3, -0.25) is 19.8 Å². The van der Waals surface area contributed by atoms with Crippen LogP contribution in [-0.4, -0.2) is 73.2 Å². The zero-order valence-corrected chi connectivity index (χ0v) is 24.5. The SMILES string of the molecule is N=C(N)c1csc([C@@H](NC(=O)[C@@H]2CC3(CN2C(=O)CNC(=O)CCCOc2ccccc2)OCCO3)C2CCCC2)c1. The van der Waals surface area contributed by atoms with Crippen LogP contribution in [0.25, 0.3) is 0 Å². The van der Waals surface area contributed by atoms with Crippen LogP contribution in [0.1, 0.15) is 61.4 Å². The number of amides is 3. The summed E-state index contributed by atoms with van der Waals surface area (Å²) in [7, 11) is 0. The molecule has 0 unspecified atom stereocenters. The average molecular weight is 598 g/mol. The summed E-state index contributed by atoms with van der Waals surface area (Å²) in [6.07, 6.45) is 5.11. The maximum absolute atomic E-state index is 13.8. The molecule has 1 aliphatic carbocycles. The van der Waals surface area contributed by atoms with Crippen LogP contribution >= 0.6 is 11.3 Å². The second-order valence-corrected chi connectivity index (χ2v) is 12.0. The minimum atomic E-state index is -1.02. The first-order chi connectivity index (χ1) is 20.3. The Morgan fingerprint density at radius 2 is 1.90 bits per heavy atom. The third-order valence-electron chi connectivity index (χ3n) is 8.13. The summed E-state index contributed by atoms with van der Waals surface area (Å²) in [4.78, 5) is 42.1. The zero-order valence-electron chi connectivity index (χ0n) is 23.6. The summed E-state index contributed by atoms with van der Waals surface area (Å²) < 4.78 is 17.4. The van der Waals surface area contributed by atoms with Crippen LogP contribution in [0.3, 0.4) is 0 Å². The summed E-state index contributed by atoms with van der Waals surface area (Å²) in [5, 5.41) is 15.5. The van der Waals surface area contributed by atoms with Gasteiger partial charge in [0.25, 0.3) is 0 Å². The predicted molar refractivity (Wildman–Crippen MR) is 157 cm³/mol. The normalized spacial score (nSPS) is 20.5. The van der Waals surface area contributed by atoms with Gasteiger partial charge in [0.2, 0.25) is 17.7 Å².